The van der Waals surface area contributed by atoms with Gasteiger partial charge in [-0.2, -0.15) is 23.5 Å². The number of nitrogens with one attached hydrogen (secondary N) is 11. The van der Waals surface area contributed by atoms with Crippen molar-refractivity contribution in [2.24, 2.45) is 22.8 Å². The number of primary amides is 1. The summed E-state index contributed by atoms with van der Waals surface area (Å²) < 4.78 is 0. The first kappa shape index (κ1) is 85.5. The van der Waals surface area contributed by atoms with Crippen molar-refractivity contribution < 1.29 is 72.9 Å². The van der Waals surface area contributed by atoms with Gasteiger partial charge in [0.25, 0.3) is 0 Å². The predicted molar refractivity (Wildman–Crippen MR) is 409 cm³/mol. The normalized spacial score (nSPS) is 25.8. The van der Waals surface area contributed by atoms with E-state index in [1.807, 2.05) is 24.3 Å². The minimum Gasteiger partial charge on any atom is -0.508 e. The van der Waals surface area contributed by atoms with E-state index in [2.05, 4.69) is 63.1 Å². The molecule has 2 aliphatic heterocycles. The number of pyridine rings is 1. The zero-order chi connectivity index (χ0) is 79.4. The second-order valence-corrected chi connectivity index (χ2v) is 31.6. The number of benzene rings is 3. The minimum atomic E-state index is -1.91. The highest BCUT2D eigenvalue weighted by Crippen LogP contribution is 2.27. The van der Waals surface area contributed by atoms with Crippen LogP contribution in [-0.4, -0.2) is 197 Å². The molecule has 7 rings (SSSR count). The molecule has 0 spiro atoms. The molecule has 5 aromatic rings. The molecule has 108 heavy (non-hydrogen) atoms. The van der Waals surface area contributed by atoms with Gasteiger partial charge in [0.05, 0.1) is 6.10 Å². The van der Waals surface area contributed by atoms with E-state index < -0.39 is 154 Å². The SMILES string of the molecule is CCC1NC(=O)[C@](C)(C(C)C)NC(=O)[C@H](Cc2ccc(O)cc2)NC(=O)[C@H](C)NC(=O)[C@](C)(CCCN)NC(=O)[C@H](Cc2c[nH]c3ncccc23)NC(=O)[C@H]([C@@H](C)O)NC(=O)[C@@H]2CCCN2C(=O)[C@H](Cc2ccc(O)cc2)NC(=O)C(C(C)(C)C)NC(=O)CCSCc2cccc(c2)CSC[C@H](C(N)=O)NC1=O. The lowest BCUT2D eigenvalue weighted by Gasteiger charge is -2.36. The number of hydrogen-bond donors (Lipinski definition) is 16. The molecule has 30 nitrogen and oxygen atoms in total. The van der Waals surface area contributed by atoms with Gasteiger partial charge in [-0.3, -0.25) is 57.5 Å². The topological polar surface area (TPSA) is 470 Å². The number of thioether (sulfide) groups is 2. The van der Waals surface area contributed by atoms with Crippen molar-refractivity contribution in [1.82, 2.24) is 68.0 Å². The third kappa shape index (κ3) is 23.6. The average Bonchev–Trinajstić information content (AvgIpc) is 1.28. The van der Waals surface area contributed by atoms with Crippen LogP contribution in [-0.2, 0) is 88.3 Å². The Labute approximate surface area is 637 Å². The van der Waals surface area contributed by atoms with Gasteiger partial charge in [0.2, 0.25) is 70.9 Å². The van der Waals surface area contributed by atoms with Crippen molar-refractivity contribution in [3.8, 4) is 11.5 Å². The van der Waals surface area contributed by atoms with E-state index in [-0.39, 0.29) is 81.7 Å². The Hall–Kier alpha value is -9.79. The fraction of sp³-hybridized carbons (Fsp3) is 0.513. The summed E-state index contributed by atoms with van der Waals surface area (Å²) in [7, 11) is 0. The van der Waals surface area contributed by atoms with Crippen LogP contribution in [0.15, 0.2) is 97.3 Å². The number of nitrogens with zero attached hydrogens (tertiary/aromatic N) is 2. The van der Waals surface area contributed by atoms with Gasteiger partial charge in [-0.1, -0.05) is 90.1 Å². The highest BCUT2D eigenvalue weighted by Gasteiger charge is 2.45. The molecule has 4 heterocycles. The van der Waals surface area contributed by atoms with Crippen molar-refractivity contribution in [3.05, 3.63) is 125 Å². The van der Waals surface area contributed by atoms with Gasteiger partial charge in [-0.15, -0.1) is 0 Å². The maximum atomic E-state index is 15.1. The van der Waals surface area contributed by atoms with Gasteiger partial charge in [-0.25, -0.2) is 4.98 Å². The first-order chi connectivity index (χ1) is 51.0. The fourth-order valence-corrected chi connectivity index (χ4v) is 14.4. The molecular formula is C76H105N15O15S2. The van der Waals surface area contributed by atoms with E-state index >= 15 is 9.59 Å². The molecule has 2 aromatic heterocycles. The minimum absolute atomic E-state index is 0.00909. The number of aromatic amines is 1. The summed E-state index contributed by atoms with van der Waals surface area (Å²) in [5, 5.41) is 59.7. The maximum absolute atomic E-state index is 15.1. The first-order valence-electron chi connectivity index (χ1n) is 36.3. The van der Waals surface area contributed by atoms with Crippen LogP contribution in [0.1, 0.15) is 136 Å². The lowest BCUT2D eigenvalue weighted by atomic mass is 9.85. The molecule has 0 radical (unpaired) electrons. The number of aromatic nitrogens is 2. The second kappa shape index (κ2) is 38.8. The van der Waals surface area contributed by atoms with Crippen molar-refractivity contribution >= 4 is 105 Å². The van der Waals surface area contributed by atoms with Crippen molar-refractivity contribution in [2.45, 2.75) is 210 Å². The Morgan fingerprint density at radius 3 is 1.88 bits per heavy atom. The summed E-state index contributed by atoms with van der Waals surface area (Å²) in [5.74, 6) is -9.19. The van der Waals surface area contributed by atoms with E-state index in [1.165, 1.54) is 92.5 Å². The summed E-state index contributed by atoms with van der Waals surface area (Å²) in [6, 6.07) is 10.3. The zero-order valence-electron chi connectivity index (χ0n) is 62.8. The Balaban J connectivity index is 1.22. The summed E-state index contributed by atoms with van der Waals surface area (Å²) >= 11 is 2.80. The van der Waals surface area contributed by atoms with Gasteiger partial charge in [0, 0.05) is 73.0 Å². The molecule has 32 heteroatoms. The molecule has 2 bridgehead atoms. The van der Waals surface area contributed by atoms with Gasteiger partial charge in [0.1, 0.15) is 82.6 Å². The highest BCUT2D eigenvalue weighted by atomic mass is 32.2. The number of carbonyl (C=O) groups excluding carboxylic acids is 12. The number of aliphatic hydroxyl groups is 1. The van der Waals surface area contributed by atoms with Crippen LogP contribution in [0.2, 0.25) is 0 Å². The van der Waals surface area contributed by atoms with Gasteiger partial charge in [-0.05, 0) is 142 Å². The van der Waals surface area contributed by atoms with Gasteiger partial charge < -0.3 is 89.8 Å². The molecule has 1 saturated heterocycles. The Kier molecular flexibility index (Phi) is 30.7. The predicted octanol–water partition coefficient (Wildman–Crippen LogP) is 1.93. The summed E-state index contributed by atoms with van der Waals surface area (Å²) in [6.07, 6.45) is 1.32. The van der Waals surface area contributed by atoms with Gasteiger partial charge in [0.15, 0.2) is 0 Å². The monoisotopic (exact) mass is 1530 g/mol. The number of fused-ring (bicyclic) bond motifs is 4. The average molecular weight is 1530 g/mol. The second-order valence-electron chi connectivity index (χ2n) is 29.4. The number of aliphatic hydroxyl groups excluding tert-OH is 1. The van der Waals surface area contributed by atoms with Crippen LogP contribution in [0.25, 0.3) is 11.0 Å². The number of hydrogen-bond acceptors (Lipinski definition) is 19. The number of amides is 12. The summed E-state index contributed by atoms with van der Waals surface area (Å²) in [5.41, 5.74) is 11.0. The number of aromatic hydroxyl groups is 2. The number of phenols is 2. The lowest BCUT2D eigenvalue weighted by Crippen LogP contribution is -2.66. The van der Waals surface area contributed by atoms with Crippen LogP contribution in [0.4, 0.5) is 0 Å². The highest BCUT2D eigenvalue weighted by molar-refractivity contribution is 7.98. The lowest BCUT2D eigenvalue weighted by molar-refractivity contribution is -0.143. The zero-order valence-corrected chi connectivity index (χ0v) is 64.4. The standard InChI is InChI=1S/C76H105N15O15S2/c1-11-53-65(98)85-57(62(78)96)41-108-40-48-17-12-16-47(34-48)39-107-33-28-59(95)87-61(74(6,7)8)70(103)84-56(36-46-22-26-51(94)27-23-46)71(104)91-32-14-19-58(91)68(101)88-60(44(5)92)69(102)83-55(37-49-38-80-63-52(49)18-13-31-79-63)66(99)89-75(9,29-15-30-77)72(105)81-43(4)64(97)82-54(35-45-20-24-50(93)25-21-45)67(100)90-76(10,42(2)3)73(106)86-53/h12-13,16-18,20-27,31,34,38,42-44,53-58,60-61,92-94H,11,14-15,19,28-30,32-33,35-37,39-41,77H2,1-10H3,(H2,78,96)(H,79,80)(H,81,105)(H,82,97)(H,83,102)(H,84,103)(H,85,98)(H,86,106)(H,87,95)(H,88,101)(H,89,99)(H,90,100)/t43-,44+,53?,54-,55-,56-,57+,58-,60-,61?,75-,76-/m0/s1. The molecule has 0 saturated carbocycles. The largest absolute Gasteiger partial charge is 0.508 e. The third-order valence-electron chi connectivity index (χ3n) is 19.4. The molecule has 2 unspecified atom stereocenters. The molecule has 2 aliphatic rings. The molecular weight excluding hydrogens is 1430 g/mol. The molecule has 3 aromatic carbocycles. The third-order valence-corrected chi connectivity index (χ3v) is 21.6. The molecule has 12 amide bonds. The van der Waals surface area contributed by atoms with Crippen LogP contribution >= 0.6 is 23.5 Å². The Morgan fingerprint density at radius 1 is 0.676 bits per heavy atom. The van der Waals surface area contributed by atoms with E-state index in [1.54, 1.807) is 78.2 Å². The number of rotatable bonds is 13. The smallest absolute Gasteiger partial charge is 0.246 e. The van der Waals surface area contributed by atoms with Crippen LogP contribution in [0, 0.1) is 11.3 Å². The number of H-pyrrole nitrogens is 1. The van der Waals surface area contributed by atoms with Crippen molar-refractivity contribution in [2.75, 3.05) is 24.6 Å². The molecule has 12 atom stereocenters. The maximum Gasteiger partial charge on any atom is 0.246 e. The van der Waals surface area contributed by atoms with Gasteiger partial charge >= 0.3 is 0 Å². The number of carbonyl (C=O) groups is 12. The summed E-state index contributed by atoms with van der Waals surface area (Å²) in [6.45, 7) is 15.7. The number of nitrogens with two attached hydrogens (primary N) is 2. The Morgan fingerprint density at radius 2 is 1.28 bits per heavy atom. The molecule has 0 aliphatic carbocycles. The van der Waals surface area contributed by atoms with Crippen LogP contribution in [0.5, 0.6) is 11.5 Å². The molecule has 586 valence electrons. The van der Waals surface area contributed by atoms with Crippen molar-refractivity contribution in [1.29, 1.82) is 0 Å². The quantitative estimate of drug-likeness (QED) is 0.0801. The number of phenolic OH excluding ortho intramolecular Hbond substituents is 2. The Bertz CT molecular complexity index is 4020. The molecule has 18 N–H and O–H groups in total. The van der Waals surface area contributed by atoms with E-state index in [4.69, 9.17) is 11.5 Å². The van der Waals surface area contributed by atoms with Crippen LogP contribution in [0.3, 0.4) is 0 Å². The van der Waals surface area contributed by atoms with Crippen molar-refractivity contribution in [3.63, 3.8) is 0 Å². The van der Waals surface area contributed by atoms with E-state index in [9.17, 15) is 63.3 Å². The molecule has 1 fully saturated rings. The fourth-order valence-electron chi connectivity index (χ4n) is 12.5. The van der Waals surface area contributed by atoms with E-state index in [0.29, 0.717) is 51.4 Å². The first-order valence-corrected chi connectivity index (χ1v) is 38.6. The van der Waals surface area contributed by atoms with E-state index in [0.717, 1.165) is 11.1 Å². The van der Waals surface area contributed by atoms with Crippen LogP contribution < -0.4 is 64.6 Å². The summed E-state index contributed by atoms with van der Waals surface area (Å²) in [4.78, 5) is 183.